The van der Waals surface area contributed by atoms with Gasteiger partial charge in [-0.1, -0.05) is 0 Å². The minimum absolute atomic E-state index is 0.339. The van der Waals surface area contributed by atoms with Crippen LogP contribution < -0.4 is 4.72 Å². The number of H-pyrrole nitrogens is 1. The van der Waals surface area contributed by atoms with Crippen LogP contribution in [0.1, 0.15) is 6.42 Å². The summed E-state index contributed by atoms with van der Waals surface area (Å²) in [5.41, 5.74) is 0. The zero-order valence-electron chi connectivity index (χ0n) is 8.32. The topological polar surface area (TPSA) is 149 Å². The summed E-state index contributed by atoms with van der Waals surface area (Å²) in [5.74, 6) is -3.00. The van der Waals surface area contributed by atoms with E-state index in [4.69, 9.17) is 10.2 Å². The summed E-state index contributed by atoms with van der Waals surface area (Å²) in [6.07, 6.45) is 1.21. The Morgan fingerprint density at radius 1 is 1.47 bits per heavy atom. The van der Waals surface area contributed by atoms with Crippen molar-refractivity contribution in [3.63, 3.8) is 0 Å². The molecule has 9 nitrogen and oxygen atoms in total. The molecule has 0 saturated heterocycles. The Morgan fingerprint density at radius 2 is 2.12 bits per heavy atom. The van der Waals surface area contributed by atoms with Crippen molar-refractivity contribution in [2.75, 3.05) is 0 Å². The lowest BCUT2D eigenvalue weighted by atomic mass is 10.2. The van der Waals surface area contributed by atoms with Crippen LogP contribution in [0.4, 0.5) is 0 Å². The average molecular weight is 263 g/mol. The van der Waals surface area contributed by atoms with Crippen molar-refractivity contribution in [3.05, 3.63) is 12.5 Å². The molecular weight excluding hydrogens is 254 g/mol. The van der Waals surface area contributed by atoms with Gasteiger partial charge in [0, 0.05) is 0 Å². The van der Waals surface area contributed by atoms with Crippen molar-refractivity contribution in [1.82, 2.24) is 14.7 Å². The molecule has 0 fully saturated rings. The number of nitrogens with one attached hydrogen (secondary N) is 2. The maximum Gasteiger partial charge on any atom is 0.322 e. The fourth-order valence-corrected chi connectivity index (χ4v) is 2.09. The van der Waals surface area contributed by atoms with Crippen LogP contribution in [0.15, 0.2) is 17.6 Å². The Kier molecular flexibility index (Phi) is 3.81. The number of hydrogen-bond donors (Lipinski definition) is 4. The number of aliphatic carboxylic acids is 2. The molecule has 0 aromatic carbocycles. The number of hydrogen-bond acceptors (Lipinski definition) is 5. The average Bonchev–Trinajstić information content (AvgIpc) is 2.68. The van der Waals surface area contributed by atoms with Gasteiger partial charge in [0.05, 0.1) is 18.9 Å². The molecule has 0 saturated carbocycles. The summed E-state index contributed by atoms with van der Waals surface area (Å²) in [6.45, 7) is 0. The van der Waals surface area contributed by atoms with Gasteiger partial charge in [0.25, 0.3) is 10.0 Å². The number of carboxylic acid groups (broad SMARTS) is 2. The van der Waals surface area contributed by atoms with Crippen LogP contribution in [-0.2, 0) is 19.6 Å². The van der Waals surface area contributed by atoms with E-state index < -0.39 is 34.4 Å². The van der Waals surface area contributed by atoms with E-state index in [0.717, 1.165) is 12.5 Å². The predicted octanol–water partition coefficient (Wildman–Crippen LogP) is -1.38. The van der Waals surface area contributed by atoms with Crippen LogP contribution >= 0.6 is 0 Å². The third-order valence-electron chi connectivity index (χ3n) is 1.74. The number of sulfonamides is 1. The first-order valence-electron chi connectivity index (χ1n) is 4.28. The molecule has 4 N–H and O–H groups in total. The van der Waals surface area contributed by atoms with E-state index in [1.54, 1.807) is 4.72 Å². The minimum atomic E-state index is -4.12. The molecule has 0 radical (unpaired) electrons. The van der Waals surface area contributed by atoms with Gasteiger partial charge in [0.2, 0.25) is 0 Å². The number of carbonyl (C=O) groups is 2. The fourth-order valence-electron chi connectivity index (χ4n) is 0.995. The molecule has 1 heterocycles. The molecule has 10 heteroatoms. The summed E-state index contributed by atoms with van der Waals surface area (Å²) < 4.78 is 24.8. The van der Waals surface area contributed by atoms with E-state index in [1.165, 1.54) is 0 Å². The van der Waals surface area contributed by atoms with Crippen molar-refractivity contribution in [3.8, 4) is 0 Å². The normalized spacial score (nSPS) is 13.2. The second-order valence-corrected chi connectivity index (χ2v) is 4.71. The number of carboxylic acids is 2. The maximum absolute atomic E-state index is 11.6. The summed E-state index contributed by atoms with van der Waals surface area (Å²) in [5, 5.41) is 16.8. The van der Waals surface area contributed by atoms with Crippen molar-refractivity contribution in [2.24, 2.45) is 0 Å². The fraction of sp³-hybridized carbons (Fsp3) is 0.286. The largest absolute Gasteiger partial charge is 0.481 e. The number of aromatic nitrogens is 2. The molecule has 1 unspecified atom stereocenters. The van der Waals surface area contributed by atoms with Crippen molar-refractivity contribution >= 4 is 22.0 Å². The first-order chi connectivity index (χ1) is 7.83. The van der Waals surface area contributed by atoms with Crippen LogP contribution in [0.3, 0.4) is 0 Å². The molecule has 0 aliphatic rings. The molecule has 0 bridgehead atoms. The zero-order chi connectivity index (χ0) is 13.1. The van der Waals surface area contributed by atoms with Gasteiger partial charge in [-0.15, -0.1) is 0 Å². The van der Waals surface area contributed by atoms with Crippen LogP contribution in [0, 0.1) is 0 Å². The Hall–Kier alpha value is -1.94. The third-order valence-corrected chi connectivity index (χ3v) is 3.13. The molecule has 0 amide bonds. The second kappa shape index (κ2) is 4.93. The first-order valence-corrected chi connectivity index (χ1v) is 5.76. The lowest BCUT2D eigenvalue weighted by molar-refractivity contribution is -0.145. The highest BCUT2D eigenvalue weighted by molar-refractivity contribution is 7.89. The number of nitrogens with zero attached hydrogens (tertiary/aromatic N) is 1. The van der Waals surface area contributed by atoms with Crippen LogP contribution in [0.5, 0.6) is 0 Å². The molecule has 1 atom stereocenters. The van der Waals surface area contributed by atoms with Gasteiger partial charge < -0.3 is 15.2 Å². The number of rotatable bonds is 6. The number of aromatic amines is 1. The molecule has 1 aromatic heterocycles. The first kappa shape index (κ1) is 13.1. The van der Waals surface area contributed by atoms with Crippen LogP contribution in [0.2, 0.25) is 0 Å². The minimum Gasteiger partial charge on any atom is -0.481 e. The van der Waals surface area contributed by atoms with Crippen LogP contribution in [-0.4, -0.2) is 46.6 Å². The summed E-state index contributed by atoms with van der Waals surface area (Å²) in [7, 11) is -4.12. The molecular formula is C7H9N3O6S. The monoisotopic (exact) mass is 263 g/mol. The van der Waals surface area contributed by atoms with Gasteiger partial charge >= 0.3 is 11.9 Å². The Bertz CT molecular complexity index is 508. The Labute approximate surface area is 95.5 Å². The summed E-state index contributed by atoms with van der Waals surface area (Å²) in [4.78, 5) is 26.8. The van der Waals surface area contributed by atoms with Crippen LogP contribution in [0.25, 0.3) is 0 Å². The van der Waals surface area contributed by atoms with E-state index in [1.807, 2.05) is 0 Å². The Balaban J connectivity index is 2.87. The smallest absolute Gasteiger partial charge is 0.322 e. The van der Waals surface area contributed by atoms with Gasteiger partial charge in [-0.2, -0.15) is 4.72 Å². The van der Waals surface area contributed by atoms with E-state index in [9.17, 15) is 18.0 Å². The van der Waals surface area contributed by atoms with E-state index in [-0.39, 0.29) is 5.03 Å². The van der Waals surface area contributed by atoms with Crippen molar-refractivity contribution in [2.45, 2.75) is 17.5 Å². The zero-order valence-corrected chi connectivity index (χ0v) is 9.14. The molecule has 1 aromatic rings. The van der Waals surface area contributed by atoms with Gasteiger partial charge in [0.15, 0.2) is 5.03 Å². The highest BCUT2D eigenvalue weighted by atomic mass is 32.2. The molecule has 17 heavy (non-hydrogen) atoms. The van der Waals surface area contributed by atoms with Crippen molar-refractivity contribution < 1.29 is 28.2 Å². The summed E-state index contributed by atoms with van der Waals surface area (Å²) in [6, 6.07) is -1.74. The highest BCUT2D eigenvalue weighted by Crippen LogP contribution is 2.05. The molecule has 0 spiro atoms. The quantitative estimate of drug-likeness (QED) is 0.493. The van der Waals surface area contributed by atoms with E-state index >= 15 is 0 Å². The van der Waals surface area contributed by atoms with E-state index in [0.29, 0.717) is 0 Å². The van der Waals surface area contributed by atoms with Crippen molar-refractivity contribution in [1.29, 1.82) is 0 Å². The lowest BCUT2D eigenvalue weighted by Crippen LogP contribution is -2.42. The number of imidazole rings is 1. The molecule has 0 aliphatic carbocycles. The van der Waals surface area contributed by atoms with E-state index in [2.05, 4.69) is 9.97 Å². The van der Waals surface area contributed by atoms with Gasteiger partial charge in [0.1, 0.15) is 6.04 Å². The summed E-state index contributed by atoms with van der Waals surface area (Å²) >= 11 is 0. The SMILES string of the molecule is O=C(O)CC(NS(=O)(=O)c1cnc[nH]1)C(=O)O. The van der Waals surface area contributed by atoms with Gasteiger partial charge in [-0.05, 0) is 0 Å². The Morgan fingerprint density at radius 3 is 2.53 bits per heavy atom. The molecule has 0 aliphatic heterocycles. The standard InChI is InChI=1S/C7H9N3O6S/c11-6(12)1-4(7(13)14)10-17(15,16)5-2-8-3-9-5/h2-4,10H,1H2,(H,8,9)(H,11,12)(H,13,14). The molecule has 1 rings (SSSR count). The predicted molar refractivity (Wildman–Crippen MR) is 52.6 cm³/mol. The third kappa shape index (κ3) is 3.53. The van der Waals surface area contributed by atoms with Gasteiger partial charge in [-0.25, -0.2) is 13.4 Å². The maximum atomic E-state index is 11.6. The second-order valence-electron chi connectivity index (χ2n) is 3.03. The van der Waals surface area contributed by atoms with Gasteiger partial charge in [-0.3, -0.25) is 9.59 Å². The molecule has 94 valence electrons. The lowest BCUT2D eigenvalue weighted by Gasteiger charge is -2.11. The highest BCUT2D eigenvalue weighted by Gasteiger charge is 2.28.